The third-order valence-electron chi connectivity index (χ3n) is 2.28. The first-order chi connectivity index (χ1) is 8.67. The molecule has 0 aliphatic carbocycles. The molecule has 4 nitrogen and oxygen atoms in total. The maximum atomic E-state index is 11.5. The monoisotopic (exact) mass is 348 g/mol. The molecule has 0 radical (unpaired) electrons. The molecule has 0 aliphatic rings. The van der Waals surface area contributed by atoms with E-state index in [1.807, 2.05) is 20.8 Å². The van der Waals surface area contributed by atoms with Gasteiger partial charge in [0.15, 0.2) is 0 Å². The van der Waals surface area contributed by atoms with E-state index >= 15 is 0 Å². The second-order valence-corrected chi connectivity index (χ2v) is 7.66. The number of nitrogens with two attached hydrogens (primary N) is 1. The topological polar surface area (TPSA) is 64.3 Å². The van der Waals surface area contributed by atoms with Crippen LogP contribution in [0.3, 0.4) is 0 Å². The number of amides is 1. The molecule has 1 aromatic heterocycles. The van der Waals surface area contributed by atoms with Gasteiger partial charge < -0.3 is 15.8 Å². The minimum absolute atomic E-state index is 0.113. The molecule has 0 fully saturated rings. The number of ether oxygens (including phenoxy) is 1. The van der Waals surface area contributed by atoms with Crippen LogP contribution >= 0.6 is 27.3 Å². The predicted molar refractivity (Wildman–Crippen MR) is 82.7 cm³/mol. The Morgan fingerprint density at radius 1 is 1.58 bits per heavy atom. The highest BCUT2D eigenvalue weighted by Crippen LogP contribution is 2.26. The Bertz CT molecular complexity index is 421. The van der Waals surface area contributed by atoms with Crippen LogP contribution in [0.5, 0.6) is 0 Å². The second kappa shape index (κ2) is 6.72. The molecule has 0 saturated carbocycles. The van der Waals surface area contributed by atoms with Crippen LogP contribution in [0.1, 0.15) is 30.5 Å². The van der Waals surface area contributed by atoms with Crippen LogP contribution in [0.25, 0.3) is 0 Å². The first-order valence-electron chi connectivity index (χ1n) is 6.14. The van der Waals surface area contributed by atoms with Crippen LogP contribution in [0, 0.1) is 6.92 Å². The van der Waals surface area contributed by atoms with E-state index in [4.69, 9.17) is 10.5 Å². The zero-order valence-corrected chi connectivity index (χ0v) is 14.2. The van der Waals surface area contributed by atoms with Gasteiger partial charge in [0.1, 0.15) is 5.60 Å². The lowest BCUT2D eigenvalue weighted by Crippen LogP contribution is -2.40. The highest BCUT2D eigenvalue weighted by molar-refractivity contribution is 9.10. The van der Waals surface area contributed by atoms with Gasteiger partial charge in [0.05, 0.1) is 0 Å². The average Bonchev–Trinajstić information content (AvgIpc) is 2.52. The summed E-state index contributed by atoms with van der Waals surface area (Å²) < 4.78 is 6.26. The van der Waals surface area contributed by atoms with Gasteiger partial charge in [0, 0.05) is 26.8 Å². The smallest absolute Gasteiger partial charge is 0.407 e. The first-order valence-corrected chi connectivity index (χ1v) is 7.75. The van der Waals surface area contributed by atoms with E-state index in [1.165, 1.54) is 9.75 Å². The van der Waals surface area contributed by atoms with Crippen molar-refractivity contribution >= 4 is 33.4 Å². The molecule has 0 bridgehead atoms. The number of aryl methyl sites for hydroxylation is 1. The van der Waals surface area contributed by atoms with Gasteiger partial charge in [-0.2, -0.15) is 0 Å². The lowest BCUT2D eigenvalue weighted by Gasteiger charge is -2.20. The fourth-order valence-corrected chi connectivity index (χ4v) is 3.17. The van der Waals surface area contributed by atoms with E-state index in [-0.39, 0.29) is 6.04 Å². The van der Waals surface area contributed by atoms with Crippen molar-refractivity contribution in [3.63, 3.8) is 0 Å². The number of hydrogen-bond donors (Lipinski definition) is 2. The number of rotatable bonds is 4. The van der Waals surface area contributed by atoms with Crippen molar-refractivity contribution < 1.29 is 9.53 Å². The molecule has 3 N–H and O–H groups in total. The second-order valence-electron chi connectivity index (χ2n) is 5.46. The third-order valence-corrected chi connectivity index (χ3v) is 4.44. The molecular formula is C13H21BrN2O2S. The quantitative estimate of drug-likeness (QED) is 0.877. The van der Waals surface area contributed by atoms with Crippen LogP contribution in [0.15, 0.2) is 10.5 Å². The minimum atomic E-state index is -0.482. The van der Waals surface area contributed by atoms with E-state index in [9.17, 15) is 4.79 Å². The lowest BCUT2D eigenvalue weighted by atomic mass is 10.2. The Hall–Kier alpha value is -0.590. The molecule has 0 saturated heterocycles. The van der Waals surface area contributed by atoms with Gasteiger partial charge in [-0.1, -0.05) is 0 Å². The molecule has 1 unspecified atom stereocenters. The minimum Gasteiger partial charge on any atom is -0.444 e. The zero-order chi connectivity index (χ0) is 14.6. The summed E-state index contributed by atoms with van der Waals surface area (Å²) in [6, 6.07) is 1.96. The van der Waals surface area contributed by atoms with Crippen LogP contribution in [-0.4, -0.2) is 24.3 Å². The standard InChI is InChI=1S/C13H21BrN2O2S/c1-8-11(14)6-10(19-8)5-9(15)7-16-12(17)18-13(2,3)4/h6,9H,5,7,15H2,1-4H3,(H,16,17). The van der Waals surface area contributed by atoms with E-state index in [0.717, 1.165) is 10.9 Å². The van der Waals surface area contributed by atoms with Crippen LogP contribution in [0.4, 0.5) is 4.79 Å². The summed E-state index contributed by atoms with van der Waals surface area (Å²) in [6.07, 6.45) is 0.318. The molecule has 0 aromatic carbocycles. The molecule has 1 atom stereocenters. The van der Waals surface area contributed by atoms with E-state index in [0.29, 0.717) is 6.54 Å². The molecule has 108 valence electrons. The largest absolute Gasteiger partial charge is 0.444 e. The SMILES string of the molecule is Cc1sc(CC(N)CNC(=O)OC(C)(C)C)cc1Br. The summed E-state index contributed by atoms with van der Waals surface area (Å²) in [7, 11) is 0. The normalized spacial score (nSPS) is 13.2. The van der Waals surface area contributed by atoms with Crippen molar-refractivity contribution in [2.24, 2.45) is 5.73 Å². The Labute approximate surface area is 126 Å². The van der Waals surface area contributed by atoms with Gasteiger partial charge in [-0.05, 0) is 56.1 Å². The summed E-state index contributed by atoms with van der Waals surface area (Å²) >= 11 is 5.20. The molecule has 0 aliphatic heterocycles. The maximum Gasteiger partial charge on any atom is 0.407 e. The Morgan fingerprint density at radius 2 is 2.21 bits per heavy atom. The fraction of sp³-hybridized carbons (Fsp3) is 0.615. The highest BCUT2D eigenvalue weighted by atomic mass is 79.9. The number of halogens is 1. The molecule has 1 rings (SSSR count). The lowest BCUT2D eigenvalue weighted by molar-refractivity contribution is 0.0524. The highest BCUT2D eigenvalue weighted by Gasteiger charge is 2.16. The molecule has 1 heterocycles. The van der Waals surface area contributed by atoms with E-state index in [2.05, 4.69) is 34.2 Å². The van der Waals surface area contributed by atoms with Crippen LogP contribution in [-0.2, 0) is 11.2 Å². The van der Waals surface area contributed by atoms with Crippen molar-refractivity contribution in [2.45, 2.75) is 45.8 Å². The van der Waals surface area contributed by atoms with Gasteiger partial charge in [-0.3, -0.25) is 0 Å². The zero-order valence-electron chi connectivity index (χ0n) is 11.7. The number of carbonyl (C=O) groups is 1. The third kappa shape index (κ3) is 6.40. The number of carbonyl (C=O) groups excluding carboxylic acids is 1. The molecular weight excluding hydrogens is 328 g/mol. The number of alkyl carbamates (subject to hydrolysis) is 1. The Morgan fingerprint density at radius 3 is 2.68 bits per heavy atom. The van der Waals surface area contributed by atoms with E-state index in [1.54, 1.807) is 11.3 Å². The Kier molecular flexibility index (Phi) is 5.82. The molecule has 1 amide bonds. The number of hydrogen-bond acceptors (Lipinski definition) is 4. The molecule has 6 heteroatoms. The van der Waals surface area contributed by atoms with Gasteiger partial charge in [0.25, 0.3) is 0 Å². The van der Waals surface area contributed by atoms with Gasteiger partial charge in [0.2, 0.25) is 0 Å². The summed E-state index contributed by atoms with van der Waals surface area (Å²) in [6.45, 7) is 7.96. The van der Waals surface area contributed by atoms with Gasteiger partial charge in [-0.25, -0.2) is 4.79 Å². The summed E-state index contributed by atoms with van der Waals surface area (Å²) in [5, 5.41) is 2.69. The molecule has 19 heavy (non-hydrogen) atoms. The summed E-state index contributed by atoms with van der Waals surface area (Å²) in [5.74, 6) is 0. The first kappa shape index (κ1) is 16.5. The number of nitrogens with one attached hydrogen (secondary N) is 1. The van der Waals surface area contributed by atoms with Crippen LogP contribution < -0.4 is 11.1 Å². The fourth-order valence-electron chi connectivity index (χ4n) is 1.48. The molecule has 1 aromatic rings. The average molecular weight is 349 g/mol. The van der Waals surface area contributed by atoms with Crippen molar-refractivity contribution in [3.05, 3.63) is 20.3 Å². The van der Waals surface area contributed by atoms with Crippen LogP contribution in [0.2, 0.25) is 0 Å². The van der Waals surface area contributed by atoms with Crippen molar-refractivity contribution in [1.82, 2.24) is 5.32 Å². The van der Waals surface area contributed by atoms with Gasteiger partial charge >= 0.3 is 6.09 Å². The molecule has 0 spiro atoms. The maximum absolute atomic E-state index is 11.5. The van der Waals surface area contributed by atoms with Crippen molar-refractivity contribution in [3.8, 4) is 0 Å². The van der Waals surface area contributed by atoms with Gasteiger partial charge in [-0.15, -0.1) is 11.3 Å². The number of thiophene rings is 1. The summed E-state index contributed by atoms with van der Waals surface area (Å²) in [5.41, 5.74) is 5.52. The van der Waals surface area contributed by atoms with Crippen molar-refractivity contribution in [1.29, 1.82) is 0 Å². The Balaban J connectivity index is 2.35. The van der Waals surface area contributed by atoms with Crippen molar-refractivity contribution in [2.75, 3.05) is 6.54 Å². The van der Waals surface area contributed by atoms with E-state index < -0.39 is 11.7 Å². The predicted octanol–water partition coefficient (Wildman–Crippen LogP) is 3.21. The summed E-state index contributed by atoms with van der Waals surface area (Å²) in [4.78, 5) is 13.9.